The van der Waals surface area contributed by atoms with E-state index in [-0.39, 0.29) is 13.2 Å². The van der Waals surface area contributed by atoms with Crippen molar-refractivity contribution in [2.24, 2.45) is 0 Å². The second kappa shape index (κ2) is 6.44. The van der Waals surface area contributed by atoms with Crippen molar-refractivity contribution >= 4 is 11.7 Å². The van der Waals surface area contributed by atoms with Gasteiger partial charge in [0.25, 0.3) is 0 Å². The van der Waals surface area contributed by atoms with Gasteiger partial charge in [-0.3, -0.25) is 0 Å². The number of rotatable bonds is 3. The molecule has 1 aromatic heterocycles. The van der Waals surface area contributed by atoms with E-state index in [1.807, 2.05) is 30.3 Å². The second-order valence-electron chi connectivity index (χ2n) is 5.02. The quantitative estimate of drug-likeness (QED) is 0.939. The number of hydrogen-bond acceptors (Lipinski definition) is 5. The van der Waals surface area contributed by atoms with Crippen LogP contribution in [0, 0.1) is 0 Å². The highest BCUT2D eigenvalue weighted by Crippen LogP contribution is 2.20. The summed E-state index contributed by atoms with van der Waals surface area (Å²) in [6.45, 7) is 0.688. The van der Waals surface area contributed by atoms with E-state index in [0.29, 0.717) is 18.0 Å². The standard InChI is InChI=1S/C16H16N2O4/c19-14-8-13(15-17-6-7-21-15)9-18(10-14)16(20)22-11-12-4-2-1-3-5-12/h1-8,14,19H,9-11H2. The van der Waals surface area contributed by atoms with Gasteiger partial charge in [0.2, 0.25) is 5.89 Å². The van der Waals surface area contributed by atoms with Crippen LogP contribution in [0.3, 0.4) is 0 Å². The lowest BCUT2D eigenvalue weighted by Crippen LogP contribution is -2.41. The minimum absolute atomic E-state index is 0.192. The van der Waals surface area contributed by atoms with Crippen LogP contribution in [0.5, 0.6) is 0 Å². The Labute approximate surface area is 127 Å². The fourth-order valence-electron chi connectivity index (χ4n) is 2.30. The number of aliphatic hydroxyl groups is 1. The molecule has 6 heteroatoms. The Balaban J connectivity index is 1.62. The molecule has 6 nitrogen and oxygen atoms in total. The smallest absolute Gasteiger partial charge is 0.410 e. The highest BCUT2D eigenvalue weighted by atomic mass is 16.6. The van der Waals surface area contributed by atoms with Crippen molar-refractivity contribution in [3.63, 3.8) is 0 Å². The Morgan fingerprint density at radius 2 is 2.23 bits per heavy atom. The maximum Gasteiger partial charge on any atom is 0.410 e. The number of carbonyl (C=O) groups excluding carboxylic acids is 1. The molecule has 0 saturated carbocycles. The van der Waals surface area contributed by atoms with Gasteiger partial charge >= 0.3 is 6.09 Å². The monoisotopic (exact) mass is 300 g/mol. The molecule has 0 bridgehead atoms. The number of ether oxygens (including phenoxy) is 1. The van der Waals surface area contributed by atoms with Crippen LogP contribution >= 0.6 is 0 Å². The van der Waals surface area contributed by atoms with Gasteiger partial charge < -0.3 is 19.2 Å². The normalized spacial score (nSPS) is 18.0. The van der Waals surface area contributed by atoms with E-state index in [4.69, 9.17) is 9.15 Å². The average molecular weight is 300 g/mol. The zero-order valence-corrected chi connectivity index (χ0v) is 11.9. The highest BCUT2D eigenvalue weighted by molar-refractivity contribution is 5.73. The lowest BCUT2D eigenvalue weighted by atomic mass is 10.1. The molecule has 0 saturated heterocycles. The molecule has 1 aromatic carbocycles. The Morgan fingerprint density at radius 3 is 2.95 bits per heavy atom. The van der Waals surface area contributed by atoms with Gasteiger partial charge in [-0.1, -0.05) is 30.3 Å². The Hall–Kier alpha value is -2.60. The molecule has 22 heavy (non-hydrogen) atoms. The molecule has 2 heterocycles. The fraction of sp³-hybridized carbons (Fsp3) is 0.250. The summed E-state index contributed by atoms with van der Waals surface area (Å²) in [4.78, 5) is 17.6. The molecule has 1 aliphatic rings. The van der Waals surface area contributed by atoms with Gasteiger partial charge in [-0.15, -0.1) is 0 Å². The summed E-state index contributed by atoms with van der Waals surface area (Å²) in [6.07, 6.45) is 3.39. The second-order valence-corrected chi connectivity index (χ2v) is 5.02. The van der Waals surface area contributed by atoms with Crippen LogP contribution in [0.4, 0.5) is 4.79 Å². The van der Waals surface area contributed by atoms with Gasteiger partial charge in [-0.2, -0.15) is 0 Å². The van der Waals surface area contributed by atoms with E-state index in [0.717, 1.165) is 5.56 Å². The molecule has 0 radical (unpaired) electrons. The predicted molar refractivity (Wildman–Crippen MR) is 78.7 cm³/mol. The van der Waals surface area contributed by atoms with Crippen LogP contribution in [-0.4, -0.2) is 40.3 Å². The van der Waals surface area contributed by atoms with Gasteiger partial charge in [0.15, 0.2) is 0 Å². The van der Waals surface area contributed by atoms with Crippen molar-refractivity contribution < 1.29 is 19.1 Å². The van der Waals surface area contributed by atoms with Crippen LogP contribution < -0.4 is 0 Å². The molecule has 0 fully saturated rings. The number of β-amino-alcohol motifs (C(OH)–C–C–N with tert-alkyl or cyclic N) is 1. The molecule has 0 aliphatic carbocycles. The summed E-state index contributed by atoms with van der Waals surface area (Å²) in [5, 5.41) is 9.89. The SMILES string of the molecule is O=C(OCc1ccccc1)N1CC(c2ncco2)=CC(O)C1. The highest BCUT2D eigenvalue weighted by Gasteiger charge is 2.26. The Kier molecular flexibility index (Phi) is 4.20. The van der Waals surface area contributed by atoms with Crippen LogP contribution in [0.15, 0.2) is 53.3 Å². The molecule has 1 unspecified atom stereocenters. The molecule has 2 aromatic rings. The first-order valence-corrected chi connectivity index (χ1v) is 6.96. The molecular formula is C16H16N2O4. The maximum atomic E-state index is 12.1. The summed E-state index contributed by atoms with van der Waals surface area (Å²) in [5.74, 6) is 0.402. The number of aromatic nitrogens is 1. The summed E-state index contributed by atoms with van der Waals surface area (Å²) >= 11 is 0. The maximum absolute atomic E-state index is 12.1. The minimum Gasteiger partial charge on any atom is -0.445 e. The van der Waals surface area contributed by atoms with Gasteiger partial charge in [0.05, 0.1) is 25.4 Å². The van der Waals surface area contributed by atoms with E-state index >= 15 is 0 Å². The van der Waals surface area contributed by atoms with Crippen molar-refractivity contribution in [1.29, 1.82) is 0 Å². The minimum atomic E-state index is -0.764. The van der Waals surface area contributed by atoms with Crippen LogP contribution in [0.25, 0.3) is 5.57 Å². The third kappa shape index (κ3) is 3.35. The van der Waals surface area contributed by atoms with Gasteiger partial charge in [-0.25, -0.2) is 9.78 Å². The molecule has 114 valence electrons. The van der Waals surface area contributed by atoms with Crippen molar-refractivity contribution in [3.8, 4) is 0 Å². The molecule has 1 atom stereocenters. The largest absolute Gasteiger partial charge is 0.445 e. The molecule has 1 amide bonds. The van der Waals surface area contributed by atoms with Crippen molar-refractivity contribution in [2.75, 3.05) is 13.1 Å². The summed E-state index contributed by atoms with van der Waals surface area (Å²) in [7, 11) is 0. The summed E-state index contributed by atoms with van der Waals surface area (Å²) in [6, 6.07) is 9.45. The first-order chi connectivity index (χ1) is 10.7. The number of oxazole rings is 1. The molecular weight excluding hydrogens is 284 g/mol. The third-order valence-corrected chi connectivity index (χ3v) is 3.33. The van der Waals surface area contributed by atoms with Crippen LogP contribution in [0.2, 0.25) is 0 Å². The van der Waals surface area contributed by atoms with Gasteiger partial charge in [-0.05, 0) is 11.6 Å². The number of hydrogen-bond donors (Lipinski definition) is 1. The predicted octanol–water partition coefficient (Wildman–Crippen LogP) is 2.07. The average Bonchev–Trinajstić information content (AvgIpc) is 3.07. The van der Waals surface area contributed by atoms with Crippen LogP contribution in [0.1, 0.15) is 11.5 Å². The van der Waals surface area contributed by atoms with E-state index in [1.165, 1.54) is 17.4 Å². The van der Waals surface area contributed by atoms with E-state index in [2.05, 4.69) is 4.98 Å². The summed E-state index contributed by atoms with van der Waals surface area (Å²) in [5.41, 5.74) is 1.58. The first kappa shape index (κ1) is 14.3. The van der Waals surface area contributed by atoms with E-state index in [9.17, 15) is 9.90 Å². The Morgan fingerprint density at radius 1 is 1.41 bits per heavy atom. The number of benzene rings is 1. The van der Waals surface area contributed by atoms with E-state index in [1.54, 1.807) is 6.08 Å². The first-order valence-electron chi connectivity index (χ1n) is 6.96. The van der Waals surface area contributed by atoms with Crippen molar-refractivity contribution in [1.82, 2.24) is 9.88 Å². The number of nitrogens with zero attached hydrogens (tertiary/aromatic N) is 2. The molecule has 3 rings (SSSR count). The van der Waals surface area contributed by atoms with Crippen LogP contribution in [-0.2, 0) is 11.3 Å². The lowest BCUT2D eigenvalue weighted by molar-refractivity contribution is 0.0807. The van der Waals surface area contributed by atoms with Crippen molar-refractivity contribution in [3.05, 3.63) is 60.3 Å². The van der Waals surface area contributed by atoms with E-state index < -0.39 is 12.2 Å². The number of aliphatic hydroxyl groups excluding tert-OH is 1. The third-order valence-electron chi connectivity index (χ3n) is 3.33. The molecule has 1 aliphatic heterocycles. The zero-order valence-electron chi connectivity index (χ0n) is 11.9. The molecule has 1 N–H and O–H groups in total. The van der Waals surface area contributed by atoms with Crippen molar-refractivity contribution in [2.45, 2.75) is 12.7 Å². The topological polar surface area (TPSA) is 75.8 Å². The summed E-state index contributed by atoms with van der Waals surface area (Å²) < 4.78 is 10.5. The number of amides is 1. The number of carbonyl (C=O) groups is 1. The van der Waals surface area contributed by atoms with Gasteiger partial charge in [0, 0.05) is 5.57 Å². The molecule has 0 spiro atoms. The Bertz CT molecular complexity index is 652. The zero-order chi connectivity index (χ0) is 15.4. The fourth-order valence-corrected chi connectivity index (χ4v) is 2.30. The lowest BCUT2D eigenvalue weighted by Gasteiger charge is -2.28. The van der Waals surface area contributed by atoms with Gasteiger partial charge in [0.1, 0.15) is 12.9 Å².